The molecule has 2 nitrogen and oxygen atoms in total. The smallest absolute Gasteiger partial charge is 0.0409 e. The van der Waals surface area contributed by atoms with E-state index in [0.717, 1.165) is 24.5 Å². The lowest BCUT2D eigenvalue weighted by Crippen LogP contribution is -2.56. The van der Waals surface area contributed by atoms with Gasteiger partial charge in [-0.1, -0.05) is 30.7 Å². The summed E-state index contributed by atoms with van der Waals surface area (Å²) in [6.45, 7) is 4.36. The Morgan fingerprint density at radius 2 is 2.33 bits per heavy atom. The largest absolute Gasteiger partial charge is 0.314 e. The highest BCUT2D eigenvalue weighted by atomic mass is 35.5. The molecule has 0 saturated carbocycles. The number of hydrogen-bond donors (Lipinski definition) is 2. The minimum absolute atomic E-state index is 0.427. The molecular weight excluding hydrogens is 208 g/mol. The zero-order valence-corrected chi connectivity index (χ0v) is 9.72. The van der Waals surface area contributed by atoms with E-state index < -0.39 is 0 Å². The van der Waals surface area contributed by atoms with E-state index in [4.69, 9.17) is 11.6 Å². The van der Waals surface area contributed by atoms with Crippen LogP contribution < -0.4 is 10.6 Å². The summed E-state index contributed by atoms with van der Waals surface area (Å²) < 4.78 is 0. The van der Waals surface area contributed by atoms with Crippen LogP contribution in [0.25, 0.3) is 0 Å². The summed E-state index contributed by atoms with van der Waals surface area (Å²) in [7, 11) is 0. The van der Waals surface area contributed by atoms with Gasteiger partial charge in [0.25, 0.3) is 0 Å². The molecule has 1 fully saturated rings. The van der Waals surface area contributed by atoms with E-state index in [0.29, 0.717) is 12.1 Å². The van der Waals surface area contributed by atoms with Gasteiger partial charge in [0.1, 0.15) is 0 Å². The van der Waals surface area contributed by atoms with Crippen molar-refractivity contribution >= 4 is 11.6 Å². The standard InChI is InChI=1S/C12H17ClN2/c1-2-12(15-11-7-14-8-11)9-4-3-5-10(13)6-9/h3-6,11-12,14-15H,2,7-8H2,1H3. The fourth-order valence-corrected chi connectivity index (χ4v) is 2.06. The second-order valence-corrected chi connectivity index (χ2v) is 4.47. The topological polar surface area (TPSA) is 24.1 Å². The SMILES string of the molecule is CCC(NC1CNC1)c1cccc(Cl)c1. The lowest BCUT2D eigenvalue weighted by Gasteiger charge is -2.32. The predicted molar refractivity (Wildman–Crippen MR) is 64.3 cm³/mol. The van der Waals surface area contributed by atoms with Crippen LogP contribution >= 0.6 is 11.6 Å². The lowest BCUT2D eigenvalue weighted by atomic mass is 10.0. The second-order valence-electron chi connectivity index (χ2n) is 4.04. The van der Waals surface area contributed by atoms with E-state index in [2.05, 4.69) is 29.7 Å². The first kappa shape index (κ1) is 10.9. The molecule has 0 amide bonds. The maximum atomic E-state index is 5.99. The molecule has 1 aromatic carbocycles. The Kier molecular flexibility index (Phi) is 3.62. The molecule has 3 heteroatoms. The molecule has 1 saturated heterocycles. The molecule has 1 unspecified atom stereocenters. The van der Waals surface area contributed by atoms with E-state index in [1.54, 1.807) is 0 Å². The number of nitrogens with one attached hydrogen (secondary N) is 2. The second kappa shape index (κ2) is 4.97. The zero-order chi connectivity index (χ0) is 10.7. The maximum Gasteiger partial charge on any atom is 0.0409 e. The summed E-state index contributed by atoms with van der Waals surface area (Å²) in [6, 6.07) is 9.17. The number of halogens is 1. The minimum Gasteiger partial charge on any atom is -0.314 e. The van der Waals surface area contributed by atoms with Gasteiger partial charge in [0.2, 0.25) is 0 Å². The average molecular weight is 225 g/mol. The molecule has 1 heterocycles. The zero-order valence-electron chi connectivity index (χ0n) is 8.96. The lowest BCUT2D eigenvalue weighted by molar-refractivity contribution is 0.325. The molecule has 1 atom stereocenters. The first-order valence-electron chi connectivity index (χ1n) is 5.52. The molecule has 1 aromatic rings. The van der Waals surface area contributed by atoms with Gasteiger partial charge < -0.3 is 10.6 Å². The fourth-order valence-electron chi connectivity index (χ4n) is 1.86. The minimum atomic E-state index is 0.427. The normalized spacial score (nSPS) is 18.5. The molecule has 1 aliphatic heterocycles. The molecule has 0 aromatic heterocycles. The van der Waals surface area contributed by atoms with E-state index >= 15 is 0 Å². The van der Waals surface area contributed by atoms with E-state index in [1.165, 1.54) is 5.56 Å². The molecule has 1 aliphatic rings. The van der Waals surface area contributed by atoms with Crippen molar-refractivity contribution in [3.05, 3.63) is 34.9 Å². The van der Waals surface area contributed by atoms with Crippen molar-refractivity contribution in [3.8, 4) is 0 Å². The molecule has 82 valence electrons. The Morgan fingerprint density at radius 1 is 1.53 bits per heavy atom. The maximum absolute atomic E-state index is 5.99. The Labute approximate surface area is 96.0 Å². The van der Waals surface area contributed by atoms with E-state index in [9.17, 15) is 0 Å². The average Bonchev–Trinajstić information content (AvgIpc) is 2.16. The van der Waals surface area contributed by atoms with Gasteiger partial charge in [0.05, 0.1) is 0 Å². The van der Waals surface area contributed by atoms with Gasteiger partial charge in [-0.15, -0.1) is 0 Å². The van der Waals surface area contributed by atoms with Crippen LogP contribution in [0.1, 0.15) is 24.9 Å². The van der Waals surface area contributed by atoms with Crippen LogP contribution in [0.3, 0.4) is 0 Å². The number of benzene rings is 1. The third-order valence-corrected chi connectivity index (χ3v) is 3.11. The van der Waals surface area contributed by atoms with E-state index in [1.807, 2.05) is 12.1 Å². The highest BCUT2D eigenvalue weighted by Crippen LogP contribution is 2.21. The first-order chi connectivity index (χ1) is 7.29. The van der Waals surface area contributed by atoms with Gasteiger partial charge in [-0.05, 0) is 24.1 Å². The Balaban J connectivity index is 2.04. The van der Waals surface area contributed by atoms with Crippen molar-refractivity contribution in [1.82, 2.24) is 10.6 Å². The number of rotatable bonds is 4. The van der Waals surface area contributed by atoms with Crippen LogP contribution in [0.5, 0.6) is 0 Å². The molecule has 2 rings (SSSR count). The Bertz CT molecular complexity index is 323. The quantitative estimate of drug-likeness (QED) is 0.821. The Hall–Kier alpha value is -0.570. The summed E-state index contributed by atoms with van der Waals surface area (Å²) >= 11 is 5.99. The summed E-state index contributed by atoms with van der Waals surface area (Å²) in [5.41, 5.74) is 1.29. The van der Waals surface area contributed by atoms with Crippen molar-refractivity contribution < 1.29 is 0 Å². The Morgan fingerprint density at radius 3 is 2.87 bits per heavy atom. The van der Waals surface area contributed by atoms with Crippen molar-refractivity contribution in [2.45, 2.75) is 25.4 Å². The molecule has 0 spiro atoms. The fraction of sp³-hybridized carbons (Fsp3) is 0.500. The van der Waals surface area contributed by atoms with Gasteiger partial charge in [0, 0.05) is 30.2 Å². The summed E-state index contributed by atoms with van der Waals surface area (Å²) in [5.74, 6) is 0. The molecule has 0 aliphatic carbocycles. The van der Waals surface area contributed by atoms with Crippen LogP contribution in [0.4, 0.5) is 0 Å². The van der Waals surface area contributed by atoms with Gasteiger partial charge in [-0.2, -0.15) is 0 Å². The van der Waals surface area contributed by atoms with Gasteiger partial charge in [-0.3, -0.25) is 0 Å². The summed E-state index contributed by atoms with van der Waals surface area (Å²) in [4.78, 5) is 0. The number of hydrogen-bond acceptors (Lipinski definition) is 2. The third-order valence-electron chi connectivity index (χ3n) is 2.88. The highest BCUT2D eigenvalue weighted by molar-refractivity contribution is 6.30. The molecule has 2 N–H and O–H groups in total. The highest BCUT2D eigenvalue weighted by Gasteiger charge is 2.20. The molecule has 0 radical (unpaired) electrons. The van der Waals surface area contributed by atoms with Gasteiger partial charge >= 0.3 is 0 Å². The van der Waals surface area contributed by atoms with Crippen LogP contribution in [-0.4, -0.2) is 19.1 Å². The van der Waals surface area contributed by atoms with Crippen LogP contribution in [-0.2, 0) is 0 Å². The van der Waals surface area contributed by atoms with Crippen LogP contribution in [0, 0.1) is 0 Å². The molecule has 0 bridgehead atoms. The van der Waals surface area contributed by atoms with E-state index in [-0.39, 0.29) is 0 Å². The summed E-state index contributed by atoms with van der Waals surface area (Å²) in [5, 5.41) is 7.71. The van der Waals surface area contributed by atoms with Crippen LogP contribution in [0.2, 0.25) is 5.02 Å². The van der Waals surface area contributed by atoms with Crippen molar-refractivity contribution in [2.24, 2.45) is 0 Å². The van der Waals surface area contributed by atoms with Gasteiger partial charge in [0.15, 0.2) is 0 Å². The summed E-state index contributed by atoms with van der Waals surface area (Å²) in [6.07, 6.45) is 1.09. The van der Waals surface area contributed by atoms with Crippen LogP contribution in [0.15, 0.2) is 24.3 Å². The van der Waals surface area contributed by atoms with Gasteiger partial charge in [-0.25, -0.2) is 0 Å². The first-order valence-corrected chi connectivity index (χ1v) is 5.89. The molecule has 15 heavy (non-hydrogen) atoms. The van der Waals surface area contributed by atoms with Crippen molar-refractivity contribution in [1.29, 1.82) is 0 Å². The third kappa shape index (κ3) is 2.71. The predicted octanol–water partition coefficient (Wildman–Crippen LogP) is 2.35. The van der Waals surface area contributed by atoms with Crippen molar-refractivity contribution in [2.75, 3.05) is 13.1 Å². The molecular formula is C12H17ClN2. The van der Waals surface area contributed by atoms with Crippen molar-refractivity contribution in [3.63, 3.8) is 0 Å². The monoisotopic (exact) mass is 224 g/mol.